The van der Waals surface area contributed by atoms with Gasteiger partial charge < -0.3 is 9.73 Å². The van der Waals surface area contributed by atoms with Gasteiger partial charge >= 0.3 is 0 Å². The smallest absolute Gasteiger partial charge is 0.175 e. The van der Waals surface area contributed by atoms with Crippen LogP contribution in [0.4, 0.5) is 0 Å². The van der Waals surface area contributed by atoms with Crippen LogP contribution in [0.25, 0.3) is 0 Å². The van der Waals surface area contributed by atoms with Crippen molar-refractivity contribution in [2.45, 2.75) is 38.3 Å². The minimum atomic E-state index is -3.13. The molecule has 5 heteroatoms. The van der Waals surface area contributed by atoms with Gasteiger partial charge in [0.05, 0.1) is 4.90 Å². The summed E-state index contributed by atoms with van der Waals surface area (Å²) in [5.74, 6) is 1.84. The van der Waals surface area contributed by atoms with E-state index < -0.39 is 9.84 Å². The van der Waals surface area contributed by atoms with E-state index >= 15 is 0 Å². The first kappa shape index (κ1) is 15.8. The molecule has 4 nitrogen and oxygen atoms in total. The summed E-state index contributed by atoms with van der Waals surface area (Å²) in [7, 11) is -3.13. The van der Waals surface area contributed by atoms with Crippen molar-refractivity contribution in [3.63, 3.8) is 0 Å². The lowest BCUT2D eigenvalue weighted by Crippen LogP contribution is -2.18. The summed E-state index contributed by atoms with van der Waals surface area (Å²) in [5.41, 5.74) is 2.20. The fourth-order valence-electron chi connectivity index (χ4n) is 2.32. The lowest BCUT2D eigenvalue weighted by molar-refractivity contribution is 0.489. The maximum absolute atomic E-state index is 11.4. The molecule has 0 aliphatic rings. The molecule has 21 heavy (non-hydrogen) atoms. The number of sulfone groups is 1. The number of rotatable bonds is 5. The number of aryl methyl sites for hydroxylation is 2. The van der Waals surface area contributed by atoms with Crippen molar-refractivity contribution < 1.29 is 12.8 Å². The molecule has 0 fully saturated rings. The Bertz CT molecular complexity index is 714. The largest absolute Gasteiger partial charge is 0.466 e. The van der Waals surface area contributed by atoms with Gasteiger partial charge in [0.15, 0.2) is 9.84 Å². The molecule has 1 heterocycles. The summed E-state index contributed by atoms with van der Waals surface area (Å²) in [5, 5.41) is 3.42. The average Bonchev–Trinajstić information content (AvgIpc) is 2.74. The van der Waals surface area contributed by atoms with Crippen LogP contribution in [0.15, 0.2) is 39.6 Å². The van der Waals surface area contributed by atoms with Crippen LogP contribution in [0, 0.1) is 13.8 Å². The Labute approximate surface area is 126 Å². The van der Waals surface area contributed by atoms with Crippen LogP contribution in [-0.2, 0) is 16.4 Å². The number of hydrogen-bond acceptors (Lipinski definition) is 4. The zero-order valence-corrected chi connectivity index (χ0v) is 13.6. The Hall–Kier alpha value is -1.59. The standard InChI is InChI=1S/C16H21NO3S/c1-11-9-16(13(3)20-11)12(2)17-10-14-5-7-15(8-6-14)21(4,18)19/h5-9,12,17H,10H2,1-4H3. The average molecular weight is 307 g/mol. The van der Waals surface area contributed by atoms with Gasteiger partial charge in [-0.3, -0.25) is 0 Å². The second-order valence-electron chi connectivity index (χ2n) is 5.39. The number of hydrogen-bond donors (Lipinski definition) is 1. The fraction of sp³-hybridized carbons (Fsp3) is 0.375. The van der Waals surface area contributed by atoms with E-state index in [2.05, 4.69) is 12.2 Å². The number of furan rings is 1. The third-order valence-electron chi connectivity index (χ3n) is 3.51. The van der Waals surface area contributed by atoms with E-state index in [9.17, 15) is 8.42 Å². The lowest BCUT2D eigenvalue weighted by atomic mass is 10.1. The Kier molecular flexibility index (Phi) is 4.54. The normalized spacial score (nSPS) is 13.3. The van der Waals surface area contributed by atoms with Gasteiger partial charge in [-0.25, -0.2) is 8.42 Å². The van der Waals surface area contributed by atoms with E-state index in [1.54, 1.807) is 12.1 Å². The highest BCUT2D eigenvalue weighted by Crippen LogP contribution is 2.21. The van der Waals surface area contributed by atoms with Crippen molar-refractivity contribution in [1.29, 1.82) is 0 Å². The van der Waals surface area contributed by atoms with Crippen LogP contribution < -0.4 is 5.32 Å². The first-order chi connectivity index (χ1) is 9.77. The number of nitrogens with one attached hydrogen (secondary N) is 1. The number of benzene rings is 1. The van der Waals surface area contributed by atoms with Gasteiger partial charge in [-0.05, 0) is 44.5 Å². The molecule has 2 rings (SSSR count). The highest BCUT2D eigenvalue weighted by Gasteiger charge is 2.12. The van der Waals surface area contributed by atoms with Crippen LogP contribution in [0.5, 0.6) is 0 Å². The summed E-state index contributed by atoms with van der Waals surface area (Å²) >= 11 is 0. The molecule has 1 N–H and O–H groups in total. The molecule has 0 radical (unpaired) electrons. The molecule has 1 atom stereocenters. The molecule has 0 amide bonds. The summed E-state index contributed by atoms with van der Waals surface area (Å²) in [6, 6.07) is 9.18. The first-order valence-corrected chi connectivity index (χ1v) is 8.76. The van der Waals surface area contributed by atoms with Crippen molar-refractivity contribution in [2.75, 3.05) is 6.26 Å². The van der Waals surface area contributed by atoms with E-state index in [0.717, 1.165) is 22.6 Å². The maximum atomic E-state index is 11.4. The van der Waals surface area contributed by atoms with Crippen LogP contribution in [-0.4, -0.2) is 14.7 Å². The highest BCUT2D eigenvalue weighted by atomic mass is 32.2. The van der Waals surface area contributed by atoms with Gasteiger partial charge in [-0.1, -0.05) is 12.1 Å². The van der Waals surface area contributed by atoms with Crippen molar-refractivity contribution in [3.05, 3.63) is 53.0 Å². The maximum Gasteiger partial charge on any atom is 0.175 e. The van der Waals surface area contributed by atoms with E-state index in [4.69, 9.17) is 4.42 Å². The van der Waals surface area contributed by atoms with E-state index in [0.29, 0.717) is 11.4 Å². The minimum Gasteiger partial charge on any atom is -0.466 e. The van der Waals surface area contributed by atoms with Crippen molar-refractivity contribution >= 4 is 9.84 Å². The Balaban J connectivity index is 2.01. The molecule has 2 aromatic rings. The summed E-state index contributed by atoms with van der Waals surface area (Å²) in [6.07, 6.45) is 1.21. The molecular weight excluding hydrogens is 286 g/mol. The molecule has 0 spiro atoms. The zero-order valence-electron chi connectivity index (χ0n) is 12.8. The van der Waals surface area contributed by atoms with Gasteiger partial charge in [0.25, 0.3) is 0 Å². The second kappa shape index (κ2) is 6.03. The Morgan fingerprint density at radius 2 is 1.81 bits per heavy atom. The topological polar surface area (TPSA) is 59.3 Å². The Morgan fingerprint density at radius 3 is 2.29 bits per heavy atom. The fourth-order valence-corrected chi connectivity index (χ4v) is 2.95. The first-order valence-electron chi connectivity index (χ1n) is 6.86. The monoisotopic (exact) mass is 307 g/mol. The molecule has 0 bridgehead atoms. The molecule has 0 aliphatic heterocycles. The molecule has 0 aliphatic carbocycles. The van der Waals surface area contributed by atoms with Crippen LogP contribution in [0.2, 0.25) is 0 Å². The highest BCUT2D eigenvalue weighted by molar-refractivity contribution is 7.90. The minimum absolute atomic E-state index is 0.178. The van der Waals surface area contributed by atoms with Gasteiger partial charge in [-0.15, -0.1) is 0 Å². The van der Waals surface area contributed by atoms with E-state index in [1.165, 1.54) is 6.26 Å². The van der Waals surface area contributed by atoms with Crippen molar-refractivity contribution in [1.82, 2.24) is 5.32 Å². The summed E-state index contributed by atoms with van der Waals surface area (Å²) in [6.45, 7) is 6.66. The molecule has 1 unspecified atom stereocenters. The Morgan fingerprint density at radius 1 is 1.19 bits per heavy atom. The van der Waals surface area contributed by atoms with Crippen molar-refractivity contribution in [3.8, 4) is 0 Å². The SMILES string of the molecule is Cc1cc(C(C)NCc2ccc(S(C)(=O)=O)cc2)c(C)o1. The van der Waals surface area contributed by atoms with E-state index in [1.807, 2.05) is 32.0 Å². The predicted octanol–water partition coefficient (Wildman–Crippen LogP) is 3.15. The quantitative estimate of drug-likeness (QED) is 0.922. The predicted molar refractivity (Wildman–Crippen MR) is 83.0 cm³/mol. The molecule has 0 saturated carbocycles. The third-order valence-corrected chi connectivity index (χ3v) is 4.64. The lowest BCUT2D eigenvalue weighted by Gasteiger charge is -2.13. The van der Waals surface area contributed by atoms with Gasteiger partial charge in [0.2, 0.25) is 0 Å². The van der Waals surface area contributed by atoms with Crippen molar-refractivity contribution in [2.24, 2.45) is 0 Å². The summed E-state index contributed by atoms with van der Waals surface area (Å²) in [4.78, 5) is 0.348. The summed E-state index contributed by atoms with van der Waals surface area (Å²) < 4.78 is 28.4. The third kappa shape index (κ3) is 3.95. The van der Waals surface area contributed by atoms with Crippen LogP contribution >= 0.6 is 0 Å². The second-order valence-corrected chi connectivity index (χ2v) is 7.40. The molecule has 0 saturated heterocycles. The molecular formula is C16H21NO3S. The van der Waals surface area contributed by atoms with Crippen LogP contribution in [0.3, 0.4) is 0 Å². The van der Waals surface area contributed by atoms with Gasteiger partial charge in [0.1, 0.15) is 11.5 Å². The van der Waals surface area contributed by atoms with E-state index in [-0.39, 0.29) is 6.04 Å². The van der Waals surface area contributed by atoms with Gasteiger partial charge in [0, 0.05) is 24.4 Å². The van der Waals surface area contributed by atoms with Crippen LogP contribution in [0.1, 0.15) is 35.6 Å². The zero-order chi connectivity index (χ0) is 15.6. The van der Waals surface area contributed by atoms with Gasteiger partial charge in [-0.2, -0.15) is 0 Å². The molecule has 1 aromatic carbocycles. The molecule has 114 valence electrons. The molecule has 1 aromatic heterocycles.